The summed E-state index contributed by atoms with van der Waals surface area (Å²) in [7, 11) is 0. The van der Waals surface area contributed by atoms with Crippen LogP contribution in [0.3, 0.4) is 0 Å². The molecule has 0 bridgehead atoms. The molecule has 0 atom stereocenters. The minimum Gasteiger partial charge on any atom is -0.370 e. The third-order valence-electron chi connectivity index (χ3n) is 3.25. The molecule has 1 aromatic rings. The van der Waals surface area contributed by atoms with E-state index in [2.05, 4.69) is 47.1 Å². The van der Waals surface area contributed by atoms with E-state index in [9.17, 15) is 0 Å². The Labute approximate surface area is 98.9 Å². The van der Waals surface area contributed by atoms with Crippen LogP contribution in [0.5, 0.6) is 0 Å². The molecule has 1 aliphatic heterocycles. The molecule has 1 saturated heterocycles. The lowest BCUT2D eigenvalue weighted by Crippen LogP contribution is -2.31. The van der Waals surface area contributed by atoms with Crippen LogP contribution in [-0.2, 0) is 0 Å². The molecule has 1 aliphatic rings. The zero-order chi connectivity index (χ0) is 11.2. The van der Waals surface area contributed by atoms with Gasteiger partial charge in [-0.15, -0.1) is 0 Å². The standard InChI is InChI=1S/C14H22N2/c1-2-9-15-10-6-11-16(13-12-15)14-7-4-3-5-8-14/h3-5,7-8H,2,6,9-13H2,1H3. The second kappa shape index (κ2) is 5.90. The third kappa shape index (κ3) is 2.99. The van der Waals surface area contributed by atoms with Gasteiger partial charge >= 0.3 is 0 Å². The second-order valence-corrected chi connectivity index (χ2v) is 4.52. The molecular weight excluding hydrogens is 196 g/mol. The Morgan fingerprint density at radius 2 is 1.81 bits per heavy atom. The Bertz CT molecular complexity index is 297. The van der Waals surface area contributed by atoms with Gasteiger partial charge in [0.2, 0.25) is 0 Å². The zero-order valence-corrected chi connectivity index (χ0v) is 10.2. The van der Waals surface area contributed by atoms with Crippen LogP contribution in [0.4, 0.5) is 5.69 Å². The van der Waals surface area contributed by atoms with Gasteiger partial charge in [0, 0.05) is 25.3 Å². The fourth-order valence-corrected chi connectivity index (χ4v) is 2.41. The van der Waals surface area contributed by atoms with Gasteiger partial charge in [-0.25, -0.2) is 0 Å². The Morgan fingerprint density at radius 1 is 1.00 bits per heavy atom. The predicted octanol–water partition coefficient (Wildman–Crippen LogP) is 2.61. The second-order valence-electron chi connectivity index (χ2n) is 4.52. The fraction of sp³-hybridized carbons (Fsp3) is 0.571. The number of benzene rings is 1. The highest BCUT2D eigenvalue weighted by atomic mass is 15.2. The van der Waals surface area contributed by atoms with Gasteiger partial charge < -0.3 is 9.80 Å². The van der Waals surface area contributed by atoms with E-state index in [1.807, 2.05) is 0 Å². The lowest BCUT2D eigenvalue weighted by atomic mass is 10.3. The van der Waals surface area contributed by atoms with E-state index in [1.54, 1.807) is 0 Å². The molecule has 2 nitrogen and oxygen atoms in total. The molecule has 1 heterocycles. The van der Waals surface area contributed by atoms with Crippen molar-refractivity contribution in [3.63, 3.8) is 0 Å². The van der Waals surface area contributed by atoms with Crippen LogP contribution in [0.25, 0.3) is 0 Å². The van der Waals surface area contributed by atoms with Crippen molar-refractivity contribution in [3.05, 3.63) is 30.3 Å². The average molecular weight is 218 g/mol. The van der Waals surface area contributed by atoms with Gasteiger partial charge in [-0.05, 0) is 38.1 Å². The number of nitrogens with zero attached hydrogens (tertiary/aromatic N) is 2. The summed E-state index contributed by atoms with van der Waals surface area (Å²) in [6.45, 7) is 8.36. The van der Waals surface area contributed by atoms with Crippen molar-refractivity contribution in [2.24, 2.45) is 0 Å². The van der Waals surface area contributed by atoms with Crippen LogP contribution in [0.2, 0.25) is 0 Å². The molecule has 0 unspecified atom stereocenters. The number of hydrogen-bond acceptors (Lipinski definition) is 2. The molecule has 2 heteroatoms. The highest BCUT2D eigenvalue weighted by Crippen LogP contribution is 2.15. The first-order valence-corrected chi connectivity index (χ1v) is 6.42. The van der Waals surface area contributed by atoms with Crippen LogP contribution in [0.15, 0.2) is 30.3 Å². The molecule has 0 aliphatic carbocycles. The van der Waals surface area contributed by atoms with Crippen molar-refractivity contribution in [2.75, 3.05) is 37.6 Å². The van der Waals surface area contributed by atoms with Gasteiger partial charge in [-0.1, -0.05) is 25.1 Å². The monoisotopic (exact) mass is 218 g/mol. The van der Waals surface area contributed by atoms with Crippen molar-refractivity contribution >= 4 is 5.69 Å². The Morgan fingerprint density at radius 3 is 2.56 bits per heavy atom. The summed E-state index contributed by atoms with van der Waals surface area (Å²) in [5.41, 5.74) is 1.38. The van der Waals surface area contributed by atoms with Crippen LogP contribution < -0.4 is 4.90 Å². The number of anilines is 1. The van der Waals surface area contributed by atoms with Crippen molar-refractivity contribution in [3.8, 4) is 0 Å². The van der Waals surface area contributed by atoms with Crippen molar-refractivity contribution in [1.29, 1.82) is 0 Å². The fourth-order valence-electron chi connectivity index (χ4n) is 2.41. The molecule has 1 aromatic carbocycles. The van der Waals surface area contributed by atoms with E-state index in [0.29, 0.717) is 0 Å². The molecule has 2 rings (SSSR count). The molecule has 1 fully saturated rings. The van der Waals surface area contributed by atoms with Gasteiger partial charge in [-0.2, -0.15) is 0 Å². The van der Waals surface area contributed by atoms with Crippen molar-refractivity contribution in [2.45, 2.75) is 19.8 Å². The maximum absolute atomic E-state index is 2.59. The van der Waals surface area contributed by atoms with Crippen molar-refractivity contribution in [1.82, 2.24) is 4.90 Å². The maximum Gasteiger partial charge on any atom is 0.0366 e. The van der Waals surface area contributed by atoms with Gasteiger partial charge in [0.15, 0.2) is 0 Å². The summed E-state index contributed by atoms with van der Waals surface area (Å²) in [5.74, 6) is 0. The molecule has 16 heavy (non-hydrogen) atoms. The molecule has 0 saturated carbocycles. The first-order valence-electron chi connectivity index (χ1n) is 6.42. The SMILES string of the molecule is CCCN1CCCN(c2ccccc2)CC1. The summed E-state index contributed by atoms with van der Waals surface area (Å²) in [6, 6.07) is 10.8. The topological polar surface area (TPSA) is 6.48 Å². The molecule has 0 radical (unpaired) electrons. The molecule has 0 N–H and O–H groups in total. The van der Waals surface area contributed by atoms with Crippen LogP contribution in [-0.4, -0.2) is 37.6 Å². The van der Waals surface area contributed by atoms with Crippen LogP contribution >= 0.6 is 0 Å². The average Bonchev–Trinajstić information content (AvgIpc) is 2.57. The number of para-hydroxylation sites is 1. The minimum absolute atomic E-state index is 1.17. The number of hydrogen-bond donors (Lipinski definition) is 0. The van der Waals surface area contributed by atoms with Gasteiger partial charge in [0.25, 0.3) is 0 Å². The maximum atomic E-state index is 2.59. The van der Waals surface area contributed by atoms with E-state index in [1.165, 1.54) is 51.3 Å². The van der Waals surface area contributed by atoms with Gasteiger partial charge in [-0.3, -0.25) is 0 Å². The van der Waals surface area contributed by atoms with Gasteiger partial charge in [0.05, 0.1) is 0 Å². The van der Waals surface area contributed by atoms with Crippen LogP contribution in [0.1, 0.15) is 19.8 Å². The quantitative estimate of drug-likeness (QED) is 0.769. The largest absolute Gasteiger partial charge is 0.370 e. The molecule has 0 amide bonds. The summed E-state index contributed by atoms with van der Waals surface area (Å²) in [6.07, 6.45) is 2.56. The molecule has 88 valence electrons. The Hall–Kier alpha value is -1.02. The lowest BCUT2D eigenvalue weighted by molar-refractivity contribution is 0.294. The van der Waals surface area contributed by atoms with E-state index >= 15 is 0 Å². The van der Waals surface area contributed by atoms with E-state index in [0.717, 1.165) is 0 Å². The smallest absolute Gasteiger partial charge is 0.0366 e. The first-order chi connectivity index (χ1) is 7.90. The van der Waals surface area contributed by atoms with Crippen LogP contribution in [0, 0.1) is 0 Å². The predicted molar refractivity (Wildman–Crippen MR) is 70.0 cm³/mol. The van der Waals surface area contributed by atoms with E-state index in [-0.39, 0.29) is 0 Å². The summed E-state index contributed by atoms with van der Waals surface area (Å²) >= 11 is 0. The number of rotatable bonds is 3. The Kier molecular flexibility index (Phi) is 4.23. The molecular formula is C14H22N2. The first kappa shape index (κ1) is 11.5. The molecule has 0 spiro atoms. The highest BCUT2D eigenvalue weighted by Gasteiger charge is 2.13. The lowest BCUT2D eigenvalue weighted by Gasteiger charge is -2.23. The zero-order valence-electron chi connectivity index (χ0n) is 10.2. The van der Waals surface area contributed by atoms with E-state index in [4.69, 9.17) is 0 Å². The molecule has 0 aromatic heterocycles. The van der Waals surface area contributed by atoms with Crippen molar-refractivity contribution < 1.29 is 0 Å². The van der Waals surface area contributed by atoms with E-state index < -0.39 is 0 Å². The Balaban J connectivity index is 1.94. The minimum atomic E-state index is 1.17. The highest BCUT2D eigenvalue weighted by molar-refractivity contribution is 5.46. The summed E-state index contributed by atoms with van der Waals surface area (Å²) < 4.78 is 0. The third-order valence-corrected chi connectivity index (χ3v) is 3.25. The summed E-state index contributed by atoms with van der Waals surface area (Å²) in [4.78, 5) is 5.10. The van der Waals surface area contributed by atoms with Gasteiger partial charge in [0.1, 0.15) is 0 Å². The normalized spacial score (nSPS) is 18.4. The summed E-state index contributed by atoms with van der Waals surface area (Å²) in [5, 5.41) is 0.